The molecule has 0 bridgehead atoms. The van der Waals surface area contributed by atoms with Crippen molar-refractivity contribution in [2.45, 2.75) is 55.4 Å². The molecule has 1 heteroatoms. The first kappa shape index (κ1) is 18.6. The van der Waals surface area contributed by atoms with Crippen LogP contribution in [0.1, 0.15) is 44.5 Å². The molecule has 0 nitrogen and oxygen atoms in total. The van der Waals surface area contributed by atoms with Gasteiger partial charge in [-0.3, -0.25) is 0 Å². The van der Waals surface area contributed by atoms with Gasteiger partial charge in [-0.15, -0.1) is 0 Å². The van der Waals surface area contributed by atoms with Crippen molar-refractivity contribution in [3.8, 4) is 0 Å². The Bertz CT molecular complexity index is 443. The molecule has 0 aliphatic heterocycles. The van der Waals surface area contributed by atoms with Gasteiger partial charge in [-0.2, -0.15) is 56.6 Å². The van der Waals surface area contributed by atoms with Gasteiger partial charge in [0.05, 0.1) is 0 Å². The van der Waals surface area contributed by atoms with E-state index in [1.54, 1.807) is 0 Å². The maximum absolute atomic E-state index is 2.24. The van der Waals surface area contributed by atoms with Crippen molar-refractivity contribution in [3.63, 3.8) is 0 Å². The van der Waals surface area contributed by atoms with Gasteiger partial charge in [0.25, 0.3) is 0 Å². The quantitative estimate of drug-likeness (QED) is 0.402. The maximum atomic E-state index is 2.24. The van der Waals surface area contributed by atoms with Crippen molar-refractivity contribution in [1.82, 2.24) is 0 Å². The van der Waals surface area contributed by atoms with Crippen molar-refractivity contribution < 1.29 is 25.8 Å². The van der Waals surface area contributed by atoms with Gasteiger partial charge in [0.15, 0.2) is 0 Å². The summed E-state index contributed by atoms with van der Waals surface area (Å²) in [5.74, 6) is 0. The summed E-state index contributed by atoms with van der Waals surface area (Å²) in [5, 5.41) is 0. The van der Waals surface area contributed by atoms with Crippen molar-refractivity contribution in [2.75, 3.05) is 0 Å². The van der Waals surface area contributed by atoms with Gasteiger partial charge >= 0.3 is 0 Å². The predicted octanol–water partition coefficient (Wildman–Crippen LogP) is 5.28. The Kier molecular flexibility index (Phi) is 7.21. The Balaban J connectivity index is 0.000000324. The minimum Gasteiger partial charge on any atom is -0.199 e. The van der Waals surface area contributed by atoms with Crippen LogP contribution in [0.25, 0.3) is 0 Å². The minimum atomic E-state index is 0. The standard InChI is InChI=1S/2C9H13.Hf/c2*1-6-5-7(2)9(4)8(6)3;/h2*5H,1-4H3;/q2*-1;. The van der Waals surface area contributed by atoms with Crippen LogP contribution in [0.2, 0.25) is 0 Å². The third kappa shape index (κ3) is 4.27. The van der Waals surface area contributed by atoms with Crippen LogP contribution in [0.15, 0.2) is 12.1 Å². The molecular weight excluding hydrogens is 395 g/mol. The Morgan fingerprint density at radius 1 is 0.632 bits per heavy atom. The van der Waals surface area contributed by atoms with Gasteiger partial charge in [-0.25, -0.2) is 0 Å². The molecule has 2 aromatic carbocycles. The van der Waals surface area contributed by atoms with Gasteiger partial charge in [0.2, 0.25) is 0 Å². The molecule has 0 unspecified atom stereocenters. The van der Waals surface area contributed by atoms with Crippen LogP contribution in [0.4, 0.5) is 0 Å². The van der Waals surface area contributed by atoms with Gasteiger partial charge in [-0.1, -0.05) is 55.4 Å². The van der Waals surface area contributed by atoms with E-state index >= 15 is 0 Å². The molecule has 19 heavy (non-hydrogen) atoms. The molecule has 0 heterocycles. The fourth-order valence-electron chi connectivity index (χ4n) is 2.27. The molecule has 2 rings (SSSR count). The summed E-state index contributed by atoms with van der Waals surface area (Å²) in [6.45, 7) is 17.4. The van der Waals surface area contributed by atoms with Crippen LogP contribution in [0, 0.1) is 55.4 Å². The van der Waals surface area contributed by atoms with E-state index in [1.807, 2.05) is 0 Å². The van der Waals surface area contributed by atoms with E-state index in [1.165, 1.54) is 44.5 Å². The zero-order valence-electron chi connectivity index (χ0n) is 13.7. The first-order valence-corrected chi connectivity index (χ1v) is 6.65. The third-order valence-electron chi connectivity index (χ3n) is 4.36. The SMILES string of the molecule is Cc1c[c-](C)c(C)c1C.Cc1c[c-](C)c(C)c1C.[Hf]. The van der Waals surface area contributed by atoms with E-state index in [0.717, 1.165) is 0 Å². The molecule has 0 atom stereocenters. The Morgan fingerprint density at radius 2 is 0.895 bits per heavy atom. The van der Waals surface area contributed by atoms with Crippen LogP contribution >= 0.6 is 0 Å². The second-order valence-electron chi connectivity index (χ2n) is 5.52. The van der Waals surface area contributed by atoms with E-state index < -0.39 is 0 Å². The molecule has 0 aliphatic carbocycles. The predicted molar refractivity (Wildman–Crippen MR) is 82.0 cm³/mol. The fourth-order valence-corrected chi connectivity index (χ4v) is 2.27. The van der Waals surface area contributed by atoms with Crippen molar-refractivity contribution in [1.29, 1.82) is 0 Å². The Labute approximate surface area is 137 Å². The number of rotatable bonds is 0. The molecule has 0 fully saturated rings. The number of hydrogen-bond donors (Lipinski definition) is 0. The molecule has 0 amide bonds. The fraction of sp³-hybridized carbons (Fsp3) is 0.444. The average Bonchev–Trinajstić information content (AvgIpc) is 2.66. The minimum absolute atomic E-state index is 0. The molecule has 0 radical (unpaired) electrons. The average molecular weight is 421 g/mol. The largest absolute Gasteiger partial charge is 0.199 e. The summed E-state index contributed by atoms with van der Waals surface area (Å²) in [7, 11) is 0. The number of aryl methyl sites for hydroxylation is 4. The van der Waals surface area contributed by atoms with Gasteiger partial charge < -0.3 is 0 Å². The maximum Gasteiger partial charge on any atom is 0 e. The van der Waals surface area contributed by atoms with Gasteiger partial charge in [0.1, 0.15) is 0 Å². The summed E-state index contributed by atoms with van der Waals surface area (Å²) in [6.07, 6.45) is 0. The molecule has 2 aromatic rings. The summed E-state index contributed by atoms with van der Waals surface area (Å²) in [4.78, 5) is 0. The first-order valence-electron chi connectivity index (χ1n) is 6.65. The second-order valence-corrected chi connectivity index (χ2v) is 5.52. The van der Waals surface area contributed by atoms with Crippen LogP contribution in [-0.4, -0.2) is 0 Å². The molecule has 0 spiro atoms. The number of hydrogen-bond acceptors (Lipinski definition) is 0. The summed E-state index contributed by atoms with van der Waals surface area (Å²) < 4.78 is 0. The van der Waals surface area contributed by atoms with Crippen LogP contribution < -0.4 is 0 Å². The third-order valence-corrected chi connectivity index (χ3v) is 4.36. The van der Waals surface area contributed by atoms with Gasteiger partial charge in [-0.05, 0) is 0 Å². The van der Waals surface area contributed by atoms with Crippen molar-refractivity contribution >= 4 is 0 Å². The molecule has 0 saturated carbocycles. The smallest absolute Gasteiger partial charge is 0 e. The summed E-state index contributed by atoms with van der Waals surface area (Å²) >= 11 is 0. The molecule has 0 aromatic heterocycles. The van der Waals surface area contributed by atoms with E-state index in [0.29, 0.717) is 0 Å². The zero-order valence-corrected chi connectivity index (χ0v) is 17.2. The van der Waals surface area contributed by atoms with Gasteiger partial charge in [0, 0.05) is 25.8 Å². The Hall–Kier alpha value is -0.430. The molecule has 0 N–H and O–H groups in total. The van der Waals surface area contributed by atoms with E-state index in [4.69, 9.17) is 0 Å². The van der Waals surface area contributed by atoms with Crippen LogP contribution in [0.3, 0.4) is 0 Å². The van der Waals surface area contributed by atoms with E-state index in [2.05, 4.69) is 67.5 Å². The first-order chi connectivity index (χ1) is 8.25. The van der Waals surface area contributed by atoms with Crippen LogP contribution in [0.5, 0.6) is 0 Å². The summed E-state index contributed by atoms with van der Waals surface area (Å²) in [6, 6.07) is 4.48. The van der Waals surface area contributed by atoms with Crippen molar-refractivity contribution in [3.05, 3.63) is 56.6 Å². The topological polar surface area (TPSA) is 0 Å². The van der Waals surface area contributed by atoms with E-state index in [9.17, 15) is 0 Å². The molecule has 104 valence electrons. The van der Waals surface area contributed by atoms with E-state index in [-0.39, 0.29) is 25.8 Å². The monoisotopic (exact) mass is 422 g/mol. The zero-order chi connectivity index (χ0) is 14.0. The molecule has 0 aliphatic rings. The van der Waals surface area contributed by atoms with Crippen molar-refractivity contribution in [2.24, 2.45) is 0 Å². The van der Waals surface area contributed by atoms with Crippen LogP contribution in [-0.2, 0) is 25.8 Å². The summed E-state index contributed by atoms with van der Waals surface area (Å²) in [5.41, 5.74) is 11.5. The molecule has 0 saturated heterocycles. The Morgan fingerprint density at radius 3 is 0.947 bits per heavy atom. The second kappa shape index (κ2) is 7.38. The normalized spacial score (nSPS) is 9.68. The molecular formula is C18H26Hf-2.